The summed E-state index contributed by atoms with van der Waals surface area (Å²) in [6.07, 6.45) is 1.17. The Morgan fingerprint density at radius 3 is 2.95 bits per heavy atom. The molecule has 0 saturated heterocycles. The van der Waals surface area contributed by atoms with Gasteiger partial charge in [0.05, 0.1) is 15.1 Å². The van der Waals surface area contributed by atoms with E-state index in [2.05, 4.69) is 24.1 Å². The van der Waals surface area contributed by atoms with E-state index in [1.807, 2.05) is 6.07 Å². The third-order valence-corrected chi connectivity index (χ3v) is 4.71. The number of nitro groups is 1. The molecule has 0 spiro atoms. The first kappa shape index (κ1) is 12.3. The number of benzene rings is 1. The van der Waals surface area contributed by atoms with Crippen LogP contribution in [0.4, 0.5) is 11.4 Å². The largest absolute Gasteiger partial charge is 0.379 e. The van der Waals surface area contributed by atoms with Gasteiger partial charge in [-0.2, -0.15) is 0 Å². The summed E-state index contributed by atoms with van der Waals surface area (Å²) in [4.78, 5) is 15.0. The van der Waals surface area contributed by atoms with Crippen molar-refractivity contribution in [1.82, 2.24) is 4.98 Å². The van der Waals surface area contributed by atoms with E-state index in [0.29, 0.717) is 22.5 Å². The number of hydrogen-bond donors (Lipinski definition) is 1. The normalized spacial score (nSPS) is 20.4. The molecule has 1 aliphatic carbocycles. The molecule has 0 bridgehead atoms. The molecule has 6 heteroatoms. The SMILES string of the molecule is CC1(C)CC1CNc1ccc2scnc2c1[N+](=O)[O-]. The molecule has 1 aromatic carbocycles. The molecule has 5 nitrogen and oxygen atoms in total. The van der Waals surface area contributed by atoms with E-state index in [0.717, 1.165) is 11.2 Å². The Bertz CT molecular complexity index is 650. The van der Waals surface area contributed by atoms with Crippen molar-refractivity contribution < 1.29 is 4.92 Å². The predicted molar refractivity (Wildman–Crippen MR) is 76.7 cm³/mol. The first-order valence-electron chi connectivity index (χ1n) is 6.23. The first-order chi connectivity index (χ1) is 8.99. The number of nitro benzene ring substituents is 1. The Balaban J connectivity index is 1.90. The van der Waals surface area contributed by atoms with Crippen molar-refractivity contribution in [2.45, 2.75) is 20.3 Å². The minimum Gasteiger partial charge on any atom is -0.379 e. The standard InChI is InChI=1S/C13H15N3O2S/c1-13(2)5-8(13)6-14-9-3-4-10-11(15-7-19-10)12(9)16(17)18/h3-4,7-8,14H,5-6H2,1-2H3. The summed E-state index contributed by atoms with van der Waals surface area (Å²) < 4.78 is 0.851. The van der Waals surface area contributed by atoms with Crippen LogP contribution in [0, 0.1) is 21.4 Å². The van der Waals surface area contributed by atoms with Gasteiger partial charge in [-0.1, -0.05) is 13.8 Å². The quantitative estimate of drug-likeness (QED) is 0.684. The molecular formula is C13H15N3O2S. The number of aromatic nitrogens is 1. The van der Waals surface area contributed by atoms with Crippen LogP contribution < -0.4 is 5.32 Å². The summed E-state index contributed by atoms with van der Waals surface area (Å²) in [5.41, 5.74) is 3.16. The molecule has 19 heavy (non-hydrogen) atoms. The second-order valence-electron chi connectivity index (χ2n) is 5.69. The molecule has 1 atom stereocenters. The van der Waals surface area contributed by atoms with Gasteiger partial charge in [-0.15, -0.1) is 11.3 Å². The van der Waals surface area contributed by atoms with E-state index in [4.69, 9.17) is 0 Å². The van der Waals surface area contributed by atoms with Gasteiger partial charge in [-0.3, -0.25) is 10.1 Å². The number of thiazole rings is 1. The molecule has 100 valence electrons. The van der Waals surface area contributed by atoms with E-state index in [1.54, 1.807) is 11.6 Å². The zero-order valence-corrected chi connectivity index (χ0v) is 11.7. The Labute approximate surface area is 114 Å². The molecule has 0 aliphatic heterocycles. The highest BCUT2D eigenvalue weighted by atomic mass is 32.1. The van der Waals surface area contributed by atoms with E-state index in [-0.39, 0.29) is 10.6 Å². The van der Waals surface area contributed by atoms with Crippen LogP contribution in [0.25, 0.3) is 10.2 Å². The van der Waals surface area contributed by atoms with E-state index in [1.165, 1.54) is 17.8 Å². The molecule has 1 saturated carbocycles. The molecule has 1 heterocycles. The molecule has 2 aromatic rings. The number of nitrogens with zero attached hydrogens (tertiary/aromatic N) is 2. The summed E-state index contributed by atoms with van der Waals surface area (Å²) >= 11 is 1.42. The lowest BCUT2D eigenvalue weighted by Crippen LogP contribution is -2.09. The van der Waals surface area contributed by atoms with Gasteiger partial charge in [0, 0.05) is 6.54 Å². The van der Waals surface area contributed by atoms with Crippen LogP contribution in [-0.2, 0) is 0 Å². The molecular weight excluding hydrogens is 262 g/mol. The van der Waals surface area contributed by atoms with Gasteiger partial charge < -0.3 is 5.32 Å². The molecule has 1 N–H and O–H groups in total. The third-order valence-electron chi connectivity index (χ3n) is 3.91. The van der Waals surface area contributed by atoms with Crippen molar-refractivity contribution in [3.8, 4) is 0 Å². The molecule has 1 aromatic heterocycles. The van der Waals surface area contributed by atoms with Crippen molar-refractivity contribution in [3.05, 3.63) is 27.8 Å². The maximum Gasteiger partial charge on any atom is 0.319 e. The molecule has 0 amide bonds. The summed E-state index contributed by atoms with van der Waals surface area (Å²) in [7, 11) is 0. The van der Waals surface area contributed by atoms with Gasteiger partial charge in [-0.05, 0) is 29.9 Å². The Kier molecular flexibility index (Phi) is 2.70. The minimum atomic E-state index is -0.345. The molecule has 1 unspecified atom stereocenters. The smallest absolute Gasteiger partial charge is 0.319 e. The predicted octanol–water partition coefficient (Wildman–Crippen LogP) is 3.66. The Morgan fingerprint density at radius 1 is 1.58 bits per heavy atom. The van der Waals surface area contributed by atoms with Crippen LogP contribution in [0.5, 0.6) is 0 Å². The van der Waals surface area contributed by atoms with Crippen molar-refractivity contribution in [3.63, 3.8) is 0 Å². The summed E-state index contributed by atoms with van der Waals surface area (Å²) in [6.45, 7) is 5.22. The second kappa shape index (κ2) is 4.16. The van der Waals surface area contributed by atoms with Crippen LogP contribution in [0.3, 0.4) is 0 Å². The molecule has 3 rings (SSSR count). The van der Waals surface area contributed by atoms with Crippen molar-refractivity contribution in [2.24, 2.45) is 11.3 Å². The maximum absolute atomic E-state index is 11.3. The average molecular weight is 277 g/mol. The highest BCUT2D eigenvalue weighted by molar-refractivity contribution is 7.16. The lowest BCUT2D eigenvalue weighted by Gasteiger charge is -2.08. The van der Waals surface area contributed by atoms with Gasteiger partial charge in [-0.25, -0.2) is 4.98 Å². The first-order valence-corrected chi connectivity index (χ1v) is 7.11. The fourth-order valence-electron chi connectivity index (χ4n) is 2.40. The lowest BCUT2D eigenvalue weighted by molar-refractivity contribution is -0.382. The summed E-state index contributed by atoms with van der Waals surface area (Å²) in [5, 5.41) is 14.5. The molecule has 1 fully saturated rings. The second-order valence-corrected chi connectivity index (χ2v) is 6.57. The van der Waals surface area contributed by atoms with Crippen molar-refractivity contribution >= 4 is 32.9 Å². The minimum absolute atomic E-state index is 0.0946. The fourth-order valence-corrected chi connectivity index (χ4v) is 3.08. The number of nitrogens with one attached hydrogen (secondary N) is 1. The lowest BCUT2D eigenvalue weighted by atomic mass is 10.1. The zero-order chi connectivity index (χ0) is 13.6. The zero-order valence-electron chi connectivity index (χ0n) is 10.8. The van der Waals surface area contributed by atoms with E-state index in [9.17, 15) is 10.1 Å². The highest BCUT2D eigenvalue weighted by Gasteiger charge is 2.45. The fraction of sp³-hybridized carbons (Fsp3) is 0.462. The number of fused-ring (bicyclic) bond motifs is 1. The number of anilines is 1. The highest BCUT2D eigenvalue weighted by Crippen LogP contribution is 2.51. The van der Waals surface area contributed by atoms with Crippen molar-refractivity contribution in [1.29, 1.82) is 0 Å². The Hall–Kier alpha value is -1.69. The van der Waals surface area contributed by atoms with Crippen LogP contribution in [0.15, 0.2) is 17.6 Å². The van der Waals surface area contributed by atoms with Crippen LogP contribution in [-0.4, -0.2) is 16.5 Å². The van der Waals surface area contributed by atoms with E-state index < -0.39 is 0 Å². The van der Waals surface area contributed by atoms with Crippen molar-refractivity contribution in [2.75, 3.05) is 11.9 Å². The molecule has 1 aliphatic rings. The monoisotopic (exact) mass is 277 g/mol. The third kappa shape index (κ3) is 2.16. The van der Waals surface area contributed by atoms with Gasteiger partial charge in [0.25, 0.3) is 0 Å². The van der Waals surface area contributed by atoms with Crippen LogP contribution in [0.1, 0.15) is 20.3 Å². The van der Waals surface area contributed by atoms with Gasteiger partial charge in [0.2, 0.25) is 0 Å². The molecule has 0 radical (unpaired) electrons. The average Bonchev–Trinajstić information content (AvgIpc) is 2.76. The maximum atomic E-state index is 11.3. The van der Waals surface area contributed by atoms with Gasteiger partial charge >= 0.3 is 5.69 Å². The summed E-state index contributed by atoms with van der Waals surface area (Å²) in [5.74, 6) is 0.596. The topological polar surface area (TPSA) is 68.1 Å². The summed E-state index contributed by atoms with van der Waals surface area (Å²) in [6, 6.07) is 3.68. The van der Waals surface area contributed by atoms with Gasteiger partial charge in [0.1, 0.15) is 5.69 Å². The van der Waals surface area contributed by atoms with E-state index >= 15 is 0 Å². The Morgan fingerprint density at radius 2 is 2.32 bits per heavy atom. The number of rotatable bonds is 4. The van der Waals surface area contributed by atoms with Crippen LogP contribution >= 0.6 is 11.3 Å². The number of hydrogen-bond acceptors (Lipinski definition) is 5. The van der Waals surface area contributed by atoms with Gasteiger partial charge in [0.15, 0.2) is 5.52 Å². The van der Waals surface area contributed by atoms with Crippen LogP contribution in [0.2, 0.25) is 0 Å².